The lowest BCUT2D eigenvalue weighted by Crippen LogP contribution is -2.70. The second-order valence-electron chi connectivity index (χ2n) is 5.87. The molecular weight excluding hydrogens is 392 g/mol. The first-order chi connectivity index (χ1) is 12.9. The Morgan fingerprint density at radius 2 is 2.26 bits per heavy atom. The van der Waals surface area contributed by atoms with Crippen LogP contribution in [0.1, 0.15) is 19.0 Å². The maximum absolute atomic E-state index is 12.7. The summed E-state index contributed by atoms with van der Waals surface area (Å²) in [4.78, 5) is 41.9. The number of nitrogens with two attached hydrogens (primary N) is 1. The average molecular weight is 410 g/mol. The molecule has 0 spiro atoms. The molecule has 0 saturated carbocycles. The summed E-state index contributed by atoms with van der Waals surface area (Å²) >= 11 is 2.51. The summed E-state index contributed by atoms with van der Waals surface area (Å²) in [7, 11) is 0. The number of fused-ring (bicyclic) bond motifs is 1. The molecule has 5 N–H and O–H groups in total. The molecule has 1 aromatic heterocycles. The lowest BCUT2D eigenvalue weighted by atomic mass is 10.0. The second kappa shape index (κ2) is 7.71. The van der Waals surface area contributed by atoms with Crippen LogP contribution in [0.4, 0.5) is 5.13 Å². The molecule has 3 rings (SSSR count). The zero-order chi connectivity index (χ0) is 19.7. The van der Waals surface area contributed by atoms with Crippen molar-refractivity contribution in [3.05, 3.63) is 28.4 Å². The van der Waals surface area contributed by atoms with Gasteiger partial charge in [0.1, 0.15) is 17.1 Å². The highest BCUT2D eigenvalue weighted by molar-refractivity contribution is 8.00. The number of hydrogen-bond acceptors (Lipinski definition) is 8. The second-order valence-corrected chi connectivity index (χ2v) is 7.87. The molecule has 144 valence electrons. The van der Waals surface area contributed by atoms with Crippen molar-refractivity contribution < 1.29 is 24.6 Å². The molecule has 3 heterocycles. The maximum Gasteiger partial charge on any atom is 0.352 e. The van der Waals surface area contributed by atoms with Crippen LogP contribution >= 0.6 is 23.1 Å². The first kappa shape index (κ1) is 19.4. The number of hydrogen-bond donors (Lipinski definition) is 4. The van der Waals surface area contributed by atoms with Gasteiger partial charge >= 0.3 is 5.97 Å². The zero-order valence-corrected chi connectivity index (χ0v) is 16.0. The standard InChI is InChI=1S/C16H18N4O5S2/c1-2-3-8(9-6-27-16(17)18-9)12(22)19-10-13(23)20-11(15(24)25)7(4-21)5-26-14(10)20/h3,6,10,14,21H,2,4-5H2,1H3,(H2,17,18)(H,19,22)(H,24,25)/b8-3-/t10-,14-/m1/s1. The highest BCUT2D eigenvalue weighted by Gasteiger charge is 2.54. The van der Waals surface area contributed by atoms with E-state index < -0.39 is 35.8 Å². The number of amides is 2. The summed E-state index contributed by atoms with van der Waals surface area (Å²) in [5, 5.41) is 22.9. The minimum Gasteiger partial charge on any atom is -0.477 e. The molecule has 2 aliphatic heterocycles. The number of aliphatic carboxylic acids is 1. The Morgan fingerprint density at radius 1 is 1.52 bits per heavy atom. The third-order valence-corrected chi connectivity index (χ3v) is 6.19. The number of allylic oxidation sites excluding steroid dienone is 1. The zero-order valence-electron chi connectivity index (χ0n) is 14.3. The van der Waals surface area contributed by atoms with Crippen LogP contribution in [0.15, 0.2) is 22.7 Å². The molecule has 1 aromatic rings. The van der Waals surface area contributed by atoms with Crippen molar-refractivity contribution in [2.24, 2.45) is 0 Å². The number of thiazole rings is 1. The van der Waals surface area contributed by atoms with Gasteiger partial charge in [-0.3, -0.25) is 14.5 Å². The molecule has 11 heteroatoms. The molecule has 0 bridgehead atoms. The van der Waals surface area contributed by atoms with E-state index in [2.05, 4.69) is 10.3 Å². The Labute approximate surface area is 162 Å². The number of carbonyl (C=O) groups excluding carboxylic acids is 2. The average Bonchev–Trinajstić information content (AvgIpc) is 3.08. The number of aromatic nitrogens is 1. The highest BCUT2D eigenvalue weighted by atomic mass is 32.2. The summed E-state index contributed by atoms with van der Waals surface area (Å²) < 4.78 is 0. The number of rotatable bonds is 6. The van der Waals surface area contributed by atoms with E-state index in [9.17, 15) is 24.6 Å². The highest BCUT2D eigenvalue weighted by Crippen LogP contribution is 2.40. The number of anilines is 1. The van der Waals surface area contributed by atoms with Gasteiger partial charge in [0.15, 0.2) is 5.13 Å². The number of β-lactam (4-membered cyclic amide) rings is 1. The summed E-state index contributed by atoms with van der Waals surface area (Å²) in [5.74, 6) is -1.97. The van der Waals surface area contributed by atoms with Gasteiger partial charge in [-0.05, 0) is 12.0 Å². The Morgan fingerprint density at radius 3 is 2.81 bits per heavy atom. The minimum atomic E-state index is -1.27. The summed E-state index contributed by atoms with van der Waals surface area (Å²) in [6.07, 6.45) is 2.29. The topological polar surface area (TPSA) is 146 Å². The van der Waals surface area contributed by atoms with E-state index in [-0.39, 0.29) is 17.0 Å². The maximum atomic E-state index is 12.7. The largest absolute Gasteiger partial charge is 0.477 e. The van der Waals surface area contributed by atoms with E-state index in [0.717, 1.165) is 4.90 Å². The monoisotopic (exact) mass is 410 g/mol. The Kier molecular flexibility index (Phi) is 5.53. The van der Waals surface area contributed by atoms with Gasteiger partial charge in [0, 0.05) is 11.1 Å². The van der Waals surface area contributed by atoms with E-state index >= 15 is 0 Å². The van der Waals surface area contributed by atoms with Crippen LogP contribution in [0.25, 0.3) is 5.57 Å². The van der Waals surface area contributed by atoms with Gasteiger partial charge in [-0.2, -0.15) is 0 Å². The third kappa shape index (κ3) is 3.45. The van der Waals surface area contributed by atoms with Crippen molar-refractivity contribution in [1.29, 1.82) is 0 Å². The Hall–Kier alpha value is -2.37. The van der Waals surface area contributed by atoms with Crippen molar-refractivity contribution in [1.82, 2.24) is 15.2 Å². The molecule has 0 aliphatic carbocycles. The number of carboxylic acids is 1. The number of carbonyl (C=O) groups is 3. The van der Waals surface area contributed by atoms with E-state index in [1.165, 1.54) is 23.1 Å². The van der Waals surface area contributed by atoms with Crippen molar-refractivity contribution in [3.63, 3.8) is 0 Å². The molecular formula is C16H18N4O5S2. The minimum absolute atomic E-state index is 0.201. The van der Waals surface area contributed by atoms with Gasteiger partial charge in [0.05, 0.1) is 17.9 Å². The van der Waals surface area contributed by atoms with Crippen LogP contribution < -0.4 is 11.1 Å². The molecule has 2 aliphatic rings. The summed E-state index contributed by atoms with van der Waals surface area (Å²) in [5.41, 5.74) is 6.47. The molecule has 2 amide bonds. The van der Waals surface area contributed by atoms with Crippen LogP contribution in [0.3, 0.4) is 0 Å². The fourth-order valence-corrected chi connectivity index (χ4v) is 4.85. The van der Waals surface area contributed by atoms with E-state index in [1.54, 1.807) is 11.5 Å². The Balaban J connectivity index is 1.79. The van der Waals surface area contributed by atoms with E-state index in [1.807, 2.05) is 6.92 Å². The van der Waals surface area contributed by atoms with E-state index in [0.29, 0.717) is 22.8 Å². The Bertz CT molecular complexity index is 863. The number of nitrogens with one attached hydrogen (secondary N) is 1. The predicted molar refractivity (Wildman–Crippen MR) is 102 cm³/mol. The van der Waals surface area contributed by atoms with Crippen LogP contribution in [0.5, 0.6) is 0 Å². The molecule has 0 radical (unpaired) electrons. The number of aliphatic hydroxyl groups excluding tert-OH is 1. The molecule has 9 nitrogen and oxygen atoms in total. The lowest BCUT2D eigenvalue weighted by molar-refractivity contribution is -0.150. The number of thioether (sulfide) groups is 1. The quantitative estimate of drug-likeness (QED) is 0.386. The van der Waals surface area contributed by atoms with Crippen molar-refractivity contribution in [2.75, 3.05) is 18.1 Å². The van der Waals surface area contributed by atoms with Gasteiger partial charge in [-0.25, -0.2) is 9.78 Å². The van der Waals surface area contributed by atoms with Gasteiger partial charge in [0.25, 0.3) is 11.8 Å². The number of carboxylic acid groups (broad SMARTS) is 1. The van der Waals surface area contributed by atoms with Gasteiger partial charge in [-0.15, -0.1) is 23.1 Å². The number of nitrogen functional groups attached to an aromatic ring is 1. The van der Waals surface area contributed by atoms with Crippen molar-refractivity contribution >= 4 is 51.6 Å². The number of aliphatic hydroxyl groups is 1. The number of nitrogens with zero attached hydrogens (tertiary/aromatic N) is 2. The SMILES string of the molecule is CC/C=C(\C(=O)N[C@@H]1C(=O)N2C(C(=O)O)=C(CO)CS[C@H]12)c1csc(N)n1. The summed E-state index contributed by atoms with van der Waals surface area (Å²) in [6.45, 7) is 1.44. The van der Waals surface area contributed by atoms with Crippen molar-refractivity contribution in [2.45, 2.75) is 24.8 Å². The smallest absolute Gasteiger partial charge is 0.352 e. The molecule has 1 fully saturated rings. The predicted octanol–water partition coefficient (Wildman–Crippen LogP) is 0.250. The van der Waals surface area contributed by atoms with Crippen LogP contribution in [0.2, 0.25) is 0 Å². The molecule has 1 saturated heterocycles. The lowest BCUT2D eigenvalue weighted by Gasteiger charge is -2.49. The molecule has 2 atom stereocenters. The van der Waals surface area contributed by atoms with Crippen LogP contribution in [-0.4, -0.2) is 61.7 Å². The third-order valence-electron chi connectivity index (χ3n) is 4.18. The fourth-order valence-electron chi connectivity index (χ4n) is 2.95. The fraction of sp³-hybridized carbons (Fsp3) is 0.375. The van der Waals surface area contributed by atoms with Crippen LogP contribution in [0, 0.1) is 0 Å². The first-order valence-corrected chi connectivity index (χ1v) is 10.0. The van der Waals surface area contributed by atoms with Gasteiger partial charge < -0.3 is 21.3 Å². The summed E-state index contributed by atoms with van der Waals surface area (Å²) in [6, 6.07) is -0.840. The van der Waals surface area contributed by atoms with Crippen molar-refractivity contribution in [3.8, 4) is 0 Å². The molecule has 27 heavy (non-hydrogen) atoms. The molecule has 0 aromatic carbocycles. The van der Waals surface area contributed by atoms with Crippen LogP contribution in [-0.2, 0) is 14.4 Å². The normalized spacial score (nSPS) is 22.4. The first-order valence-electron chi connectivity index (χ1n) is 8.12. The van der Waals surface area contributed by atoms with E-state index in [4.69, 9.17) is 5.73 Å². The van der Waals surface area contributed by atoms with Gasteiger partial charge in [0.2, 0.25) is 0 Å². The molecule has 0 unspecified atom stereocenters. The van der Waals surface area contributed by atoms with Gasteiger partial charge in [-0.1, -0.05) is 13.0 Å².